The fourth-order valence-corrected chi connectivity index (χ4v) is 16.5. The second-order valence-corrected chi connectivity index (χ2v) is 18.7. The molecule has 0 aromatic rings. The average molecular weight is 315 g/mol. The van der Waals surface area contributed by atoms with Gasteiger partial charge >= 0.3 is 17.1 Å². The van der Waals surface area contributed by atoms with Crippen molar-refractivity contribution in [2.75, 3.05) is 0 Å². The fourth-order valence-electron chi connectivity index (χ4n) is 1.73. The van der Waals surface area contributed by atoms with Crippen LogP contribution in [0, 0.1) is 0 Å². The van der Waals surface area contributed by atoms with E-state index in [2.05, 4.69) is 52.4 Å². The van der Waals surface area contributed by atoms with Crippen LogP contribution in [0.1, 0.15) is 0 Å². The molecule has 0 amide bonds. The van der Waals surface area contributed by atoms with E-state index in [4.69, 9.17) is 12.3 Å². The molecule has 0 saturated carbocycles. The molecular weight excluding hydrogens is 285 g/mol. The van der Waals surface area contributed by atoms with Crippen molar-refractivity contribution in [1.82, 2.24) is 0 Å². The van der Waals surface area contributed by atoms with Crippen LogP contribution < -0.4 is 0 Å². The quantitative estimate of drug-likeness (QED) is 0.683. The van der Waals surface area contributed by atoms with Gasteiger partial charge in [0.15, 0.2) is 8.32 Å². The lowest BCUT2D eigenvalue weighted by molar-refractivity contribution is 0.339. The van der Waals surface area contributed by atoms with Gasteiger partial charge in [0.2, 0.25) is 0 Å². The molecule has 0 heterocycles. The van der Waals surface area contributed by atoms with Crippen LogP contribution in [0.4, 0.5) is 0 Å². The summed E-state index contributed by atoms with van der Waals surface area (Å²) in [5.41, 5.74) is 0. The number of hydrogen-bond acceptors (Lipinski definition) is 3. The maximum absolute atomic E-state index is 6.14. The van der Waals surface area contributed by atoms with Crippen molar-refractivity contribution >= 4 is 46.2 Å². The molecule has 0 radical (unpaired) electrons. The Kier molecular flexibility index (Phi) is 8.18. The van der Waals surface area contributed by atoms with Gasteiger partial charge in [0.25, 0.3) is 0 Å². The zero-order chi connectivity index (χ0) is 12.3. The summed E-state index contributed by atoms with van der Waals surface area (Å²) in [5, 5.41) is 0. The fraction of sp³-hybridized carbons (Fsp3) is 1.00. The molecule has 0 saturated heterocycles. The molecule has 100 valence electrons. The van der Waals surface area contributed by atoms with Gasteiger partial charge in [0.1, 0.15) is 9.76 Å². The van der Waals surface area contributed by atoms with Crippen LogP contribution in [0.5, 0.6) is 0 Å². The van der Waals surface area contributed by atoms with Gasteiger partial charge in [-0.1, -0.05) is 6.55 Å². The van der Waals surface area contributed by atoms with Crippen LogP contribution in [0.3, 0.4) is 0 Å². The van der Waals surface area contributed by atoms with Gasteiger partial charge in [-0.3, -0.25) is 0 Å². The first-order valence-corrected chi connectivity index (χ1v) is 16.5. The molecule has 0 bridgehead atoms. The summed E-state index contributed by atoms with van der Waals surface area (Å²) in [5.74, 6) is 0. The molecule has 8 heteroatoms. The predicted octanol–water partition coefficient (Wildman–Crippen LogP) is 0.955. The van der Waals surface area contributed by atoms with Gasteiger partial charge in [-0.2, -0.15) is 0 Å². The summed E-state index contributed by atoms with van der Waals surface area (Å²) in [7, 11) is -5.80. The van der Waals surface area contributed by atoms with Crippen molar-refractivity contribution in [2.45, 2.75) is 52.4 Å². The number of rotatable bonds is 6. The highest BCUT2D eigenvalue weighted by molar-refractivity contribution is 6.86. The van der Waals surface area contributed by atoms with Crippen LogP contribution in [0.15, 0.2) is 0 Å². The van der Waals surface area contributed by atoms with Crippen molar-refractivity contribution in [3.05, 3.63) is 0 Å². The Morgan fingerprint density at radius 2 is 1.19 bits per heavy atom. The van der Waals surface area contributed by atoms with Gasteiger partial charge < -0.3 is 12.3 Å². The molecule has 16 heavy (non-hydrogen) atoms. The second kappa shape index (κ2) is 6.78. The van der Waals surface area contributed by atoms with Crippen molar-refractivity contribution in [3.63, 3.8) is 0 Å². The molecule has 3 nitrogen and oxygen atoms in total. The Balaban J connectivity index is 0. The zero-order valence-electron chi connectivity index (χ0n) is 11.4. The summed E-state index contributed by atoms with van der Waals surface area (Å²) in [4.78, 5) is 0. The van der Waals surface area contributed by atoms with E-state index in [1.165, 1.54) is 0 Å². The molecule has 0 N–H and O–H groups in total. The Morgan fingerprint density at radius 3 is 1.50 bits per heavy atom. The summed E-state index contributed by atoms with van der Waals surface area (Å²) >= 11 is 0. The highest BCUT2D eigenvalue weighted by atomic mass is 28.5. The van der Waals surface area contributed by atoms with Gasteiger partial charge in [0, 0.05) is 0 Å². The smallest absolute Gasteiger partial charge is 0.312 e. The monoisotopic (exact) mass is 314 g/mol. The standard InChI is InChI=1S/C8H26O3Si4.H4Si/c1-12-9-14(5,6)11-15(7,8)10-13(2,3)4;/h12H2,1-8H3;1H4. The molecule has 0 unspecified atom stereocenters. The third-order valence-electron chi connectivity index (χ3n) is 1.54. The van der Waals surface area contributed by atoms with Gasteiger partial charge in [-0.15, -0.1) is 0 Å². The van der Waals surface area contributed by atoms with Crippen molar-refractivity contribution < 1.29 is 12.3 Å². The lowest BCUT2D eigenvalue weighted by Crippen LogP contribution is -2.52. The van der Waals surface area contributed by atoms with Gasteiger partial charge in [-0.05, 0) is 56.8 Å². The van der Waals surface area contributed by atoms with E-state index in [-0.39, 0.29) is 20.7 Å². The summed E-state index contributed by atoms with van der Waals surface area (Å²) in [6.45, 7) is 17.2. The topological polar surface area (TPSA) is 27.7 Å². The third-order valence-corrected chi connectivity index (χ3v) is 13.8. The van der Waals surface area contributed by atoms with Crippen LogP contribution in [-0.4, -0.2) is 46.2 Å². The molecule has 0 atom stereocenters. The Labute approximate surface area is 111 Å². The minimum absolute atomic E-state index is 0. The molecule has 0 aromatic carbocycles. The first kappa shape index (κ1) is 19.3. The lowest BCUT2D eigenvalue weighted by atomic mass is 11.8. The van der Waals surface area contributed by atoms with E-state index < -0.39 is 25.4 Å². The van der Waals surface area contributed by atoms with E-state index in [0.717, 1.165) is 0 Å². The molecule has 0 aliphatic heterocycles. The Morgan fingerprint density at radius 1 is 0.750 bits per heavy atom. The average Bonchev–Trinajstić information content (AvgIpc) is 1.74. The molecule has 0 fully saturated rings. The van der Waals surface area contributed by atoms with Crippen molar-refractivity contribution in [2.24, 2.45) is 0 Å². The van der Waals surface area contributed by atoms with E-state index in [1.807, 2.05) is 0 Å². The molecule has 0 aliphatic carbocycles. The minimum atomic E-state index is -1.99. The van der Waals surface area contributed by atoms with Crippen molar-refractivity contribution in [3.8, 4) is 0 Å². The van der Waals surface area contributed by atoms with E-state index >= 15 is 0 Å². The molecule has 0 spiro atoms. The Hall–Kier alpha value is 0.964. The normalized spacial score (nSPS) is 14.2. The maximum Gasteiger partial charge on any atom is 0.312 e. The minimum Gasteiger partial charge on any atom is -0.442 e. The highest BCUT2D eigenvalue weighted by Gasteiger charge is 2.38. The van der Waals surface area contributed by atoms with Crippen LogP contribution in [0.2, 0.25) is 52.4 Å². The molecule has 0 rings (SSSR count). The number of hydrogen-bond donors (Lipinski definition) is 0. The predicted molar refractivity (Wildman–Crippen MR) is 87.3 cm³/mol. The van der Waals surface area contributed by atoms with E-state index in [1.54, 1.807) is 0 Å². The second-order valence-electron chi connectivity index (χ2n) is 5.55. The largest absolute Gasteiger partial charge is 0.442 e. The van der Waals surface area contributed by atoms with E-state index in [0.29, 0.717) is 0 Å². The van der Waals surface area contributed by atoms with Crippen LogP contribution in [0.25, 0.3) is 0 Å². The summed E-state index contributed by atoms with van der Waals surface area (Å²) in [6, 6.07) is 0. The highest BCUT2D eigenvalue weighted by Crippen LogP contribution is 2.20. The van der Waals surface area contributed by atoms with Gasteiger partial charge in [0.05, 0.1) is 0 Å². The first-order chi connectivity index (χ1) is 6.47. The lowest BCUT2D eigenvalue weighted by Gasteiger charge is -2.36. The maximum atomic E-state index is 6.14. The third kappa shape index (κ3) is 10.1. The molecule has 0 aliphatic rings. The first-order valence-electron chi connectivity index (χ1n) is 5.52. The summed E-state index contributed by atoms with van der Waals surface area (Å²) in [6.07, 6.45) is 0. The zero-order valence-corrected chi connectivity index (χ0v) is 15.8. The SMILES string of the molecule is C[SiH2]O[Si](C)(C)O[Si](C)(C)O[Si](C)(C)C.[SiH4]. The Bertz CT molecular complexity index is 202. The molecular formula is C8H30O3Si5. The van der Waals surface area contributed by atoms with Crippen molar-refractivity contribution in [1.29, 1.82) is 0 Å². The van der Waals surface area contributed by atoms with Gasteiger partial charge in [-0.25, -0.2) is 0 Å². The van der Waals surface area contributed by atoms with Crippen LogP contribution in [-0.2, 0) is 12.3 Å². The summed E-state index contributed by atoms with van der Waals surface area (Å²) < 4.78 is 18.1. The van der Waals surface area contributed by atoms with Crippen LogP contribution >= 0.6 is 0 Å². The van der Waals surface area contributed by atoms with E-state index in [9.17, 15) is 0 Å². The molecule has 0 aromatic heterocycles.